The van der Waals surface area contributed by atoms with E-state index in [9.17, 15) is 0 Å². The molecule has 0 spiro atoms. The Kier molecular flexibility index (Phi) is 23.7. The van der Waals surface area contributed by atoms with Crippen molar-refractivity contribution in [2.75, 3.05) is 20.5 Å². The molecule has 0 N–H and O–H groups in total. The normalized spacial score (nSPS) is 17.2. The first-order valence-electron chi connectivity index (χ1n) is 19.1. The Labute approximate surface area is 312 Å². The van der Waals surface area contributed by atoms with Crippen LogP contribution in [-0.4, -0.2) is 73.8 Å². The van der Waals surface area contributed by atoms with Crippen LogP contribution in [0.3, 0.4) is 0 Å². The summed E-state index contributed by atoms with van der Waals surface area (Å²) in [4.78, 5) is 0. The summed E-state index contributed by atoms with van der Waals surface area (Å²) >= 11 is 0. The first kappa shape index (κ1) is 48.9. The molecule has 0 unspecified atom stereocenters. The van der Waals surface area contributed by atoms with Crippen LogP contribution in [0.15, 0.2) is 63.3 Å². The molecule has 8 heteroatoms. The van der Waals surface area contributed by atoms with Crippen LogP contribution in [0, 0.1) is 11.3 Å². The molecule has 0 aromatic carbocycles. The van der Waals surface area contributed by atoms with Crippen LogP contribution < -0.4 is 0 Å². The Bertz CT molecular complexity index is 950. The van der Waals surface area contributed by atoms with Gasteiger partial charge in [-0.15, -0.1) is 32.9 Å². The summed E-state index contributed by atoms with van der Waals surface area (Å²) in [6.45, 7) is 48.4. The topological polar surface area (TPSA) is 55.4 Å². The highest BCUT2D eigenvalue weighted by Crippen LogP contribution is 2.44. The maximum Gasteiger partial charge on any atom is 0.200 e. The zero-order valence-electron chi connectivity index (χ0n) is 34.8. The number of ether oxygens (including phenoxy) is 4. The molecule has 0 aliphatic rings. The molecule has 0 saturated carbocycles. The minimum absolute atomic E-state index is 0.00275. The lowest BCUT2D eigenvalue weighted by Crippen LogP contribution is -2.51. The third-order valence-corrected chi connectivity index (χ3v) is 17.0. The summed E-state index contributed by atoms with van der Waals surface area (Å²) in [5, 5.41) is 0. The summed E-state index contributed by atoms with van der Waals surface area (Å²) in [7, 11) is -2.26. The third kappa shape index (κ3) is 17.1. The molecule has 50 heavy (non-hydrogen) atoms. The van der Waals surface area contributed by atoms with Gasteiger partial charge in [-0.3, -0.25) is 0 Å². The fourth-order valence-corrected chi connectivity index (χ4v) is 14.2. The summed E-state index contributed by atoms with van der Waals surface area (Å²) in [5.74, 6) is 0.270. The maximum atomic E-state index is 7.06. The van der Waals surface area contributed by atoms with Crippen molar-refractivity contribution in [3.05, 3.63) is 63.3 Å². The monoisotopic (exact) mass is 737 g/mol. The number of hydrogen-bond donors (Lipinski definition) is 0. The van der Waals surface area contributed by atoms with Crippen LogP contribution >= 0.6 is 0 Å². The van der Waals surface area contributed by atoms with Crippen LogP contribution in [0.4, 0.5) is 0 Å². The average Bonchev–Trinajstić information content (AvgIpc) is 3.02. The van der Waals surface area contributed by atoms with Gasteiger partial charge in [0.25, 0.3) is 0 Å². The Morgan fingerprint density at radius 2 is 1.24 bits per heavy atom. The van der Waals surface area contributed by atoms with Gasteiger partial charge in [0, 0.05) is 25.6 Å². The fraction of sp³-hybridized carbons (Fsp3) is 0.762. The fourth-order valence-electron chi connectivity index (χ4n) is 7.30. The van der Waals surface area contributed by atoms with Crippen LogP contribution in [0.25, 0.3) is 0 Å². The second-order valence-corrected chi connectivity index (χ2v) is 26.7. The van der Waals surface area contributed by atoms with Crippen molar-refractivity contribution in [1.29, 1.82) is 0 Å². The number of hydrogen-bond acceptors (Lipinski definition) is 6. The van der Waals surface area contributed by atoms with E-state index in [2.05, 4.69) is 115 Å². The van der Waals surface area contributed by atoms with Crippen LogP contribution in [0.5, 0.6) is 0 Å². The SMILES string of the molecule is C=CC[C@@H](C[C@@H](C[C@@H](O[Si](C)(C)C)[C@@H](C)CC[C@H](C=C)O[C@@H](C=C)CC=C)OCOC)O[C@H](C=C)C(C)(C)CO[Si](C(C)C)(C(C)C)C(C)C. The lowest BCUT2D eigenvalue weighted by atomic mass is 9.87. The predicted octanol–water partition coefficient (Wildman–Crippen LogP) is 11.8. The van der Waals surface area contributed by atoms with Gasteiger partial charge in [0.2, 0.25) is 0 Å². The lowest BCUT2D eigenvalue weighted by Gasteiger charge is -2.45. The molecule has 0 radical (unpaired) electrons. The molecular formula is C42H80O6Si2. The Morgan fingerprint density at radius 3 is 1.68 bits per heavy atom. The highest BCUT2D eigenvalue weighted by Gasteiger charge is 2.46. The number of methoxy groups -OCH3 is 1. The van der Waals surface area contributed by atoms with E-state index in [1.807, 2.05) is 30.4 Å². The molecule has 7 atom stereocenters. The van der Waals surface area contributed by atoms with Crippen molar-refractivity contribution in [2.24, 2.45) is 11.3 Å². The van der Waals surface area contributed by atoms with Gasteiger partial charge in [-0.2, -0.15) is 0 Å². The highest BCUT2D eigenvalue weighted by atomic mass is 28.4. The van der Waals surface area contributed by atoms with E-state index in [0.29, 0.717) is 36.1 Å². The van der Waals surface area contributed by atoms with E-state index in [-0.39, 0.29) is 54.7 Å². The van der Waals surface area contributed by atoms with E-state index < -0.39 is 16.6 Å². The van der Waals surface area contributed by atoms with Gasteiger partial charge in [0.1, 0.15) is 6.79 Å². The molecule has 0 fully saturated rings. The van der Waals surface area contributed by atoms with Gasteiger partial charge in [-0.25, -0.2) is 0 Å². The van der Waals surface area contributed by atoms with Crippen molar-refractivity contribution in [1.82, 2.24) is 0 Å². The average molecular weight is 737 g/mol. The molecule has 292 valence electrons. The summed E-state index contributed by atoms with van der Waals surface area (Å²) in [6, 6.07) is 0. The zero-order valence-corrected chi connectivity index (χ0v) is 36.8. The highest BCUT2D eigenvalue weighted by molar-refractivity contribution is 6.77. The maximum absolute atomic E-state index is 7.06. The van der Waals surface area contributed by atoms with Gasteiger partial charge in [0.15, 0.2) is 16.6 Å². The lowest BCUT2D eigenvalue weighted by molar-refractivity contribution is -0.119. The summed E-state index contributed by atoms with van der Waals surface area (Å²) in [5.41, 5.74) is 1.26. The molecule has 0 aliphatic heterocycles. The Morgan fingerprint density at radius 1 is 0.680 bits per heavy atom. The minimum atomic E-state index is -2.04. The third-order valence-electron chi connectivity index (χ3n) is 9.92. The molecule has 0 aliphatic carbocycles. The van der Waals surface area contributed by atoms with Crippen molar-refractivity contribution in [3.63, 3.8) is 0 Å². The van der Waals surface area contributed by atoms with Crippen molar-refractivity contribution >= 4 is 16.6 Å². The standard InChI is InChI=1S/C42H80O6Si2/c1-19-24-36(21-3)46-37(22-4)27-26-35(12)40(48-49(16,17)18)29-39(44-31-43-15)28-38(25-20-2)47-41(23-5)42(13,14)30-45-50(32(6)7,33(8)9)34(10)11/h19-23,32-41H,1-5,24-31H2,6-18H3/t35-,36-,37-,38-,39-,40+,41+/m0/s1. The predicted molar refractivity (Wildman–Crippen MR) is 221 cm³/mol. The van der Waals surface area contributed by atoms with Gasteiger partial charge >= 0.3 is 0 Å². The van der Waals surface area contributed by atoms with Gasteiger partial charge < -0.3 is 27.8 Å². The summed E-state index contributed by atoms with van der Waals surface area (Å²) in [6.07, 6.45) is 13.4. The zero-order chi connectivity index (χ0) is 38.7. The number of rotatable bonds is 31. The Balaban J connectivity index is 6.11. The molecule has 0 heterocycles. The summed E-state index contributed by atoms with van der Waals surface area (Å²) < 4.78 is 38.9. The Hall–Kier alpha value is -1.11. The molecule has 0 saturated heterocycles. The molecule has 0 aromatic rings. The van der Waals surface area contributed by atoms with E-state index >= 15 is 0 Å². The van der Waals surface area contributed by atoms with Crippen molar-refractivity contribution in [2.45, 2.75) is 174 Å². The first-order chi connectivity index (χ1) is 23.3. The van der Waals surface area contributed by atoms with Crippen LogP contribution in [0.1, 0.15) is 101 Å². The largest absolute Gasteiger partial charge is 0.415 e. The van der Waals surface area contributed by atoms with Crippen molar-refractivity contribution in [3.8, 4) is 0 Å². The first-order valence-corrected chi connectivity index (χ1v) is 24.7. The second-order valence-electron chi connectivity index (χ2n) is 16.7. The van der Waals surface area contributed by atoms with E-state index in [1.165, 1.54) is 0 Å². The van der Waals surface area contributed by atoms with E-state index in [0.717, 1.165) is 25.7 Å². The minimum Gasteiger partial charge on any atom is -0.415 e. The van der Waals surface area contributed by atoms with E-state index in [1.54, 1.807) is 7.11 Å². The molecule has 0 rings (SSSR count). The van der Waals surface area contributed by atoms with Gasteiger partial charge in [-0.05, 0) is 74.3 Å². The molecule has 0 aromatic heterocycles. The molecule has 0 amide bonds. The van der Waals surface area contributed by atoms with Crippen LogP contribution in [-0.2, 0) is 27.8 Å². The molecular weight excluding hydrogens is 657 g/mol. The second kappa shape index (κ2) is 24.3. The van der Waals surface area contributed by atoms with Crippen LogP contribution in [0.2, 0.25) is 36.3 Å². The smallest absolute Gasteiger partial charge is 0.200 e. The van der Waals surface area contributed by atoms with Gasteiger partial charge in [-0.1, -0.05) is 92.7 Å². The van der Waals surface area contributed by atoms with Gasteiger partial charge in [0.05, 0.1) is 36.6 Å². The van der Waals surface area contributed by atoms with E-state index in [4.69, 9.17) is 27.8 Å². The molecule has 6 nitrogen and oxygen atoms in total. The molecule has 0 bridgehead atoms. The quantitative estimate of drug-likeness (QED) is 0.0401. The van der Waals surface area contributed by atoms with Crippen molar-refractivity contribution < 1.29 is 27.8 Å².